The van der Waals surface area contributed by atoms with Gasteiger partial charge in [-0.3, -0.25) is 4.99 Å². The Morgan fingerprint density at radius 1 is 1.56 bits per heavy atom. The lowest BCUT2D eigenvalue weighted by Crippen LogP contribution is -1.55. The van der Waals surface area contributed by atoms with Gasteiger partial charge in [0.15, 0.2) is 0 Å². The molecule has 0 N–H and O–H groups in total. The SMILES string of the molecule is C=C/C=C\N=C/N=[N+]=[N-]. The third kappa shape index (κ3) is 6.46. The van der Waals surface area contributed by atoms with E-state index in [4.69, 9.17) is 5.53 Å². The zero-order valence-electron chi connectivity index (χ0n) is 4.81. The van der Waals surface area contributed by atoms with Gasteiger partial charge in [0.25, 0.3) is 0 Å². The molecule has 0 aromatic rings. The van der Waals surface area contributed by atoms with E-state index in [1.54, 1.807) is 12.2 Å². The van der Waals surface area contributed by atoms with Crippen LogP contribution in [0.3, 0.4) is 0 Å². The van der Waals surface area contributed by atoms with E-state index in [1.165, 1.54) is 6.20 Å². The molecule has 0 saturated heterocycles. The molecular formula is C5H6N4. The monoisotopic (exact) mass is 122 g/mol. The van der Waals surface area contributed by atoms with Gasteiger partial charge >= 0.3 is 0 Å². The van der Waals surface area contributed by atoms with Crippen LogP contribution in [0.5, 0.6) is 0 Å². The molecule has 0 bridgehead atoms. The first-order chi connectivity index (χ1) is 4.41. The molecule has 0 aromatic heterocycles. The molecule has 4 heteroatoms. The van der Waals surface area contributed by atoms with Crippen LogP contribution in [0.4, 0.5) is 0 Å². The van der Waals surface area contributed by atoms with Gasteiger partial charge in [-0.15, -0.1) is 0 Å². The van der Waals surface area contributed by atoms with Gasteiger partial charge < -0.3 is 0 Å². The molecule has 9 heavy (non-hydrogen) atoms. The average Bonchev–Trinajstić information content (AvgIpc) is 1.89. The Labute approximate surface area is 52.8 Å². The molecule has 0 saturated carbocycles. The van der Waals surface area contributed by atoms with Gasteiger partial charge in [0.05, 0.1) is 6.34 Å². The highest BCUT2D eigenvalue weighted by Gasteiger charge is 1.57. The Kier molecular flexibility index (Phi) is 5.35. The summed E-state index contributed by atoms with van der Waals surface area (Å²) in [6.07, 6.45) is 5.79. The second kappa shape index (κ2) is 6.46. The lowest BCUT2D eigenvalue weighted by Gasteiger charge is -1.67. The van der Waals surface area contributed by atoms with Crippen molar-refractivity contribution in [3.8, 4) is 0 Å². The number of nitrogens with zero attached hydrogens (tertiary/aromatic N) is 4. The van der Waals surface area contributed by atoms with E-state index in [0.717, 1.165) is 6.34 Å². The molecule has 0 aromatic carbocycles. The fraction of sp³-hybridized carbons (Fsp3) is 0. The van der Waals surface area contributed by atoms with Crippen molar-refractivity contribution in [1.82, 2.24) is 0 Å². The van der Waals surface area contributed by atoms with Gasteiger partial charge in [-0.05, 0) is 16.7 Å². The highest BCUT2D eigenvalue weighted by atomic mass is 15.1. The van der Waals surface area contributed by atoms with E-state index < -0.39 is 0 Å². The summed E-state index contributed by atoms with van der Waals surface area (Å²) in [5.74, 6) is 0. The van der Waals surface area contributed by atoms with Crippen LogP contribution in [0, 0.1) is 0 Å². The van der Waals surface area contributed by atoms with Gasteiger partial charge in [-0.25, -0.2) is 0 Å². The third-order valence-electron chi connectivity index (χ3n) is 0.478. The zero-order chi connectivity index (χ0) is 6.95. The molecule has 46 valence electrons. The Balaban J connectivity index is 3.58. The summed E-state index contributed by atoms with van der Waals surface area (Å²) in [6, 6.07) is 0. The van der Waals surface area contributed by atoms with Crippen LogP contribution < -0.4 is 0 Å². The second-order valence-corrected chi connectivity index (χ2v) is 1.05. The van der Waals surface area contributed by atoms with Crippen LogP contribution in [0.1, 0.15) is 0 Å². The van der Waals surface area contributed by atoms with Crippen LogP contribution in [0.15, 0.2) is 35.0 Å². The predicted octanol–water partition coefficient (Wildman–Crippen LogP) is 2.02. The first kappa shape index (κ1) is 7.46. The summed E-state index contributed by atoms with van der Waals surface area (Å²) in [5, 5.41) is 3.05. The number of hydrogen-bond donors (Lipinski definition) is 0. The molecule has 0 aliphatic heterocycles. The topological polar surface area (TPSA) is 61.1 Å². The quantitative estimate of drug-likeness (QED) is 0.137. The normalized spacial score (nSPS) is 9.78. The molecule has 0 rings (SSSR count). The summed E-state index contributed by atoms with van der Waals surface area (Å²) in [4.78, 5) is 6.00. The molecule has 0 heterocycles. The van der Waals surface area contributed by atoms with Crippen molar-refractivity contribution in [2.75, 3.05) is 0 Å². The van der Waals surface area contributed by atoms with Crippen molar-refractivity contribution in [3.63, 3.8) is 0 Å². The molecule has 0 atom stereocenters. The maximum Gasteiger partial charge on any atom is 0.0900 e. The van der Waals surface area contributed by atoms with E-state index in [0.29, 0.717) is 0 Å². The molecule has 0 spiro atoms. The minimum atomic E-state index is 1.11. The standard InChI is InChI=1S/C5H6N4/c1-2-3-4-7-5-8-9-6/h2-5H,1H2/b4-3-,7-5-. The summed E-state index contributed by atoms with van der Waals surface area (Å²) in [5.41, 5.74) is 7.75. The molecule has 4 nitrogen and oxygen atoms in total. The lowest BCUT2D eigenvalue weighted by molar-refractivity contribution is 1.53. The van der Waals surface area contributed by atoms with Gasteiger partial charge in [-0.1, -0.05) is 12.7 Å². The third-order valence-corrected chi connectivity index (χ3v) is 0.478. The maximum atomic E-state index is 7.75. The lowest BCUT2D eigenvalue weighted by atomic mass is 10.6. The highest BCUT2D eigenvalue weighted by molar-refractivity contribution is 5.55. The molecule has 0 fully saturated rings. The summed E-state index contributed by atoms with van der Waals surface area (Å²) < 4.78 is 0. The van der Waals surface area contributed by atoms with Crippen LogP contribution in [-0.4, -0.2) is 6.34 Å². The fourth-order valence-electron chi connectivity index (χ4n) is 0.202. The Bertz CT molecular complexity index is 173. The van der Waals surface area contributed by atoms with Crippen molar-refractivity contribution < 1.29 is 0 Å². The summed E-state index contributed by atoms with van der Waals surface area (Å²) in [6.45, 7) is 3.41. The van der Waals surface area contributed by atoms with Crippen LogP contribution >= 0.6 is 0 Å². The van der Waals surface area contributed by atoms with Gasteiger partial charge in [0.2, 0.25) is 0 Å². The fourth-order valence-corrected chi connectivity index (χ4v) is 0.202. The molecular weight excluding hydrogens is 116 g/mol. The van der Waals surface area contributed by atoms with Gasteiger partial charge in [-0.2, -0.15) is 0 Å². The molecule has 0 aliphatic rings. The number of hydrogen-bond acceptors (Lipinski definition) is 1. The van der Waals surface area contributed by atoms with Crippen LogP contribution in [0.25, 0.3) is 10.4 Å². The molecule has 0 radical (unpaired) electrons. The van der Waals surface area contributed by atoms with Crippen molar-refractivity contribution in [2.45, 2.75) is 0 Å². The van der Waals surface area contributed by atoms with E-state index >= 15 is 0 Å². The average molecular weight is 122 g/mol. The maximum absolute atomic E-state index is 7.75. The van der Waals surface area contributed by atoms with Gasteiger partial charge in [0.1, 0.15) is 0 Å². The Morgan fingerprint density at radius 2 is 2.33 bits per heavy atom. The minimum absolute atomic E-state index is 1.11. The number of aliphatic imine (C=N–C) groups is 1. The predicted molar refractivity (Wildman–Crippen MR) is 37.0 cm³/mol. The number of allylic oxidation sites excluding steroid dienone is 2. The zero-order valence-corrected chi connectivity index (χ0v) is 4.81. The summed E-state index contributed by atoms with van der Waals surface area (Å²) >= 11 is 0. The first-order valence-corrected chi connectivity index (χ1v) is 2.25. The highest BCUT2D eigenvalue weighted by Crippen LogP contribution is 1.73. The van der Waals surface area contributed by atoms with Crippen molar-refractivity contribution in [1.29, 1.82) is 0 Å². The van der Waals surface area contributed by atoms with Gasteiger partial charge in [0, 0.05) is 11.1 Å². The van der Waals surface area contributed by atoms with Crippen molar-refractivity contribution in [3.05, 3.63) is 35.4 Å². The smallest absolute Gasteiger partial charge is 0.0900 e. The molecule has 0 amide bonds. The number of rotatable bonds is 3. The van der Waals surface area contributed by atoms with E-state index in [1.807, 2.05) is 0 Å². The van der Waals surface area contributed by atoms with Crippen molar-refractivity contribution in [2.24, 2.45) is 10.1 Å². The second-order valence-electron chi connectivity index (χ2n) is 1.05. The summed E-state index contributed by atoms with van der Waals surface area (Å²) in [7, 11) is 0. The minimum Gasteiger partial charge on any atom is -0.262 e. The largest absolute Gasteiger partial charge is 0.262 e. The first-order valence-electron chi connectivity index (χ1n) is 2.25. The van der Waals surface area contributed by atoms with Crippen LogP contribution in [0.2, 0.25) is 0 Å². The van der Waals surface area contributed by atoms with E-state index in [2.05, 4.69) is 21.6 Å². The van der Waals surface area contributed by atoms with Crippen LogP contribution in [-0.2, 0) is 0 Å². The van der Waals surface area contributed by atoms with E-state index in [9.17, 15) is 0 Å². The molecule has 0 aliphatic carbocycles. The molecule has 0 unspecified atom stereocenters. The Hall–Kier alpha value is -1.54. The Morgan fingerprint density at radius 3 is 2.89 bits per heavy atom. The van der Waals surface area contributed by atoms with Crippen molar-refractivity contribution >= 4 is 6.34 Å². The van der Waals surface area contributed by atoms with E-state index in [-0.39, 0.29) is 0 Å². The number of azide groups is 1.